The Balaban J connectivity index is 1.59. The molecule has 0 saturated carbocycles. The van der Waals surface area contributed by atoms with Gasteiger partial charge in [0.15, 0.2) is 0 Å². The summed E-state index contributed by atoms with van der Waals surface area (Å²) in [4.78, 5) is 3.14. The second-order valence-electron chi connectivity index (χ2n) is 10.3. The van der Waals surface area contributed by atoms with Crippen molar-refractivity contribution in [2.75, 3.05) is 9.91 Å². The summed E-state index contributed by atoms with van der Waals surface area (Å²) >= 11 is 4.50. The molecule has 0 aromatic heterocycles. The van der Waals surface area contributed by atoms with Gasteiger partial charge < -0.3 is 4.90 Å². The van der Waals surface area contributed by atoms with Gasteiger partial charge in [0.25, 0.3) is 0 Å². The molecule has 1 aliphatic carbocycles. The first-order chi connectivity index (χ1) is 20.5. The fraction of sp³-hybridized carbons (Fsp3) is 0.162. The normalized spacial score (nSPS) is 13.5. The van der Waals surface area contributed by atoms with Crippen LogP contribution in [0, 0.1) is 0 Å². The molecule has 2 radical (unpaired) electrons. The molecule has 208 valence electrons. The van der Waals surface area contributed by atoms with Crippen molar-refractivity contribution >= 4 is 60.1 Å². The molecule has 0 unspecified atom stereocenters. The quantitative estimate of drug-likeness (QED) is 0.0894. The van der Waals surface area contributed by atoms with E-state index in [1.807, 2.05) is 36.4 Å². The predicted molar refractivity (Wildman–Crippen MR) is 185 cm³/mol. The molecule has 42 heavy (non-hydrogen) atoms. The van der Waals surface area contributed by atoms with Crippen LogP contribution >= 0.6 is 12.6 Å². The fourth-order valence-corrected chi connectivity index (χ4v) is 5.12. The SMILES string of the molecule is [B]c1ccc(N(c2ccc(S)cc2)c2ccc(N(/N=C(\C)C3=CCCC=C3)/C(=C/CCC)c3ccccc3)cc2)cc1. The molecule has 0 atom stereocenters. The van der Waals surface area contributed by atoms with Gasteiger partial charge in [-0.25, -0.2) is 5.01 Å². The molecule has 0 bridgehead atoms. The molecular formula is C37H36BN3S. The van der Waals surface area contributed by atoms with Crippen LogP contribution in [0.1, 0.15) is 45.1 Å². The van der Waals surface area contributed by atoms with Crippen molar-refractivity contribution in [1.29, 1.82) is 0 Å². The third kappa shape index (κ3) is 7.16. The number of benzene rings is 4. The summed E-state index contributed by atoms with van der Waals surface area (Å²) in [6.45, 7) is 4.30. The lowest BCUT2D eigenvalue weighted by molar-refractivity contribution is 0.950. The first-order valence-corrected chi connectivity index (χ1v) is 15.0. The van der Waals surface area contributed by atoms with Crippen LogP contribution in [0.4, 0.5) is 22.7 Å². The summed E-state index contributed by atoms with van der Waals surface area (Å²) in [5, 5.41) is 7.33. The van der Waals surface area contributed by atoms with E-state index in [-0.39, 0.29) is 0 Å². The van der Waals surface area contributed by atoms with E-state index in [0.717, 1.165) is 75.8 Å². The fourth-order valence-electron chi connectivity index (χ4n) is 4.97. The highest BCUT2D eigenvalue weighted by atomic mass is 32.1. The summed E-state index contributed by atoms with van der Waals surface area (Å²) in [7, 11) is 6.02. The Hall–Kier alpha value is -4.22. The van der Waals surface area contributed by atoms with Crippen molar-refractivity contribution in [3.8, 4) is 0 Å². The van der Waals surface area contributed by atoms with Crippen molar-refractivity contribution in [2.24, 2.45) is 5.10 Å². The zero-order valence-electron chi connectivity index (χ0n) is 24.3. The molecule has 5 heteroatoms. The Bertz CT molecular complexity index is 1540. The highest BCUT2D eigenvalue weighted by molar-refractivity contribution is 7.80. The second kappa shape index (κ2) is 14.1. The van der Waals surface area contributed by atoms with Crippen molar-refractivity contribution in [2.45, 2.75) is 44.4 Å². The maximum atomic E-state index is 6.02. The van der Waals surface area contributed by atoms with E-state index in [1.165, 1.54) is 5.57 Å². The number of anilines is 4. The van der Waals surface area contributed by atoms with Gasteiger partial charge in [0, 0.05) is 22.0 Å². The van der Waals surface area contributed by atoms with Crippen molar-refractivity contribution < 1.29 is 0 Å². The van der Waals surface area contributed by atoms with E-state index in [1.54, 1.807) is 0 Å². The molecule has 0 fully saturated rings. The number of allylic oxidation sites excluding steroid dienone is 5. The van der Waals surface area contributed by atoms with Gasteiger partial charge in [0.1, 0.15) is 7.85 Å². The van der Waals surface area contributed by atoms with Crippen LogP contribution in [0.15, 0.2) is 143 Å². The third-order valence-electron chi connectivity index (χ3n) is 7.20. The van der Waals surface area contributed by atoms with Crippen LogP contribution < -0.4 is 15.4 Å². The van der Waals surface area contributed by atoms with Gasteiger partial charge in [-0.2, -0.15) is 5.10 Å². The lowest BCUT2D eigenvalue weighted by atomic mass is 9.96. The number of hydrogen-bond acceptors (Lipinski definition) is 4. The highest BCUT2D eigenvalue weighted by Crippen LogP contribution is 2.37. The molecule has 3 nitrogen and oxygen atoms in total. The van der Waals surface area contributed by atoms with Gasteiger partial charge in [-0.3, -0.25) is 0 Å². The number of thiol groups is 1. The summed E-state index contributed by atoms with van der Waals surface area (Å²) in [6.07, 6.45) is 13.1. The molecule has 1 aliphatic rings. The summed E-state index contributed by atoms with van der Waals surface area (Å²) < 4.78 is 0. The molecule has 0 saturated heterocycles. The van der Waals surface area contributed by atoms with Crippen LogP contribution in [-0.4, -0.2) is 13.6 Å². The molecule has 0 N–H and O–H groups in total. The average molecular weight is 566 g/mol. The lowest BCUT2D eigenvalue weighted by Crippen LogP contribution is -2.18. The molecule has 4 aromatic carbocycles. The van der Waals surface area contributed by atoms with Crippen LogP contribution in [0.25, 0.3) is 5.70 Å². The molecule has 0 heterocycles. The van der Waals surface area contributed by atoms with Gasteiger partial charge in [0.2, 0.25) is 0 Å². The minimum atomic E-state index is 0.735. The van der Waals surface area contributed by atoms with Gasteiger partial charge in [0.05, 0.1) is 17.1 Å². The molecule has 0 spiro atoms. The zero-order chi connectivity index (χ0) is 29.3. The van der Waals surface area contributed by atoms with E-state index >= 15 is 0 Å². The topological polar surface area (TPSA) is 18.8 Å². The van der Waals surface area contributed by atoms with Crippen LogP contribution in [-0.2, 0) is 0 Å². The number of hydrazone groups is 1. The van der Waals surface area contributed by atoms with E-state index < -0.39 is 0 Å². The average Bonchev–Trinajstić information content (AvgIpc) is 3.04. The number of unbranched alkanes of at least 4 members (excludes halogenated alkanes) is 1. The number of hydrogen-bond donors (Lipinski definition) is 1. The third-order valence-corrected chi connectivity index (χ3v) is 7.50. The summed E-state index contributed by atoms with van der Waals surface area (Å²) in [5.74, 6) is 0. The van der Waals surface area contributed by atoms with Gasteiger partial charge >= 0.3 is 0 Å². The highest BCUT2D eigenvalue weighted by Gasteiger charge is 2.17. The molecule has 4 aromatic rings. The van der Waals surface area contributed by atoms with Gasteiger partial charge in [-0.15, -0.1) is 12.6 Å². The maximum Gasteiger partial charge on any atom is 0.113 e. The smallest absolute Gasteiger partial charge is 0.113 e. The zero-order valence-corrected chi connectivity index (χ0v) is 25.2. The van der Waals surface area contributed by atoms with E-state index in [2.05, 4.69) is 127 Å². The van der Waals surface area contributed by atoms with E-state index in [0.29, 0.717) is 0 Å². The van der Waals surface area contributed by atoms with Crippen LogP contribution in [0.3, 0.4) is 0 Å². The number of rotatable bonds is 10. The van der Waals surface area contributed by atoms with Gasteiger partial charge in [-0.1, -0.05) is 85.6 Å². The second-order valence-corrected chi connectivity index (χ2v) is 10.9. The van der Waals surface area contributed by atoms with Crippen molar-refractivity contribution in [3.05, 3.63) is 139 Å². The molecule has 5 rings (SSSR count). The van der Waals surface area contributed by atoms with Crippen molar-refractivity contribution in [3.63, 3.8) is 0 Å². The monoisotopic (exact) mass is 565 g/mol. The Morgan fingerprint density at radius 2 is 1.40 bits per heavy atom. The Labute approximate surface area is 257 Å². The predicted octanol–water partition coefficient (Wildman–Crippen LogP) is 9.54. The maximum absolute atomic E-state index is 6.02. The Morgan fingerprint density at radius 1 is 0.810 bits per heavy atom. The summed E-state index contributed by atoms with van der Waals surface area (Å²) in [6, 6.07) is 35.3. The van der Waals surface area contributed by atoms with Crippen molar-refractivity contribution in [1.82, 2.24) is 0 Å². The Kier molecular flexibility index (Phi) is 9.84. The van der Waals surface area contributed by atoms with E-state index in [4.69, 9.17) is 12.9 Å². The largest absolute Gasteiger partial charge is 0.311 e. The summed E-state index contributed by atoms with van der Waals surface area (Å²) in [5.41, 5.74) is 9.20. The van der Waals surface area contributed by atoms with Gasteiger partial charge in [-0.05, 0) is 98.0 Å². The van der Waals surface area contributed by atoms with Crippen LogP contribution in [0.5, 0.6) is 0 Å². The standard InChI is InChI=1S/C37H36BN3S/c1-3-4-15-37(30-13-9-6-10-14-30)41(39-28(2)29-11-7-5-8-12-29)35-22-20-33(21-23-35)40(32-18-16-31(38)17-19-32)34-24-26-36(42)27-25-34/h6-7,9-27,42H,3-5,8H2,1-2H3/b37-15+,39-28+. The minimum absolute atomic E-state index is 0.735. The first-order valence-electron chi connectivity index (χ1n) is 14.6. The minimum Gasteiger partial charge on any atom is -0.311 e. The van der Waals surface area contributed by atoms with E-state index in [9.17, 15) is 0 Å². The van der Waals surface area contributed by atoms with Crippen LogP contribution in [0.2, 0.25) is 0 Å². The number of nitrogens with zero attached hydrogens (tertiary/aromatic N) is 3. The molecular weight excluding hydrogens is 529 g/mol. The first kappa shape index (κ1) is 29.3. The molecule has 0 aliphatic heterocycles. The lowest BCUT2D eigenvalue weighted by Gasteiger charge is -2.28. The molecule has 0 amide bonds. The Morgan fingerprint density at radius 3 is 2.00 bits per heavy atom.